The van der Waals surface area contributed by atoms with Crippen LogP contribution in [0.3, 0.4) is 0 Å². The van der Waals surface area contributed by atoms with E-state index in [-0.39, 0.29) is 5.97 Å². The van der Waals surface area contributed by atoms with Gasteiger partial charge in [0, 0.05) is 35.4 Å². The van der Waals surface area contributed by atoms with E-state index in [1.165, 1.54) is 10.3 Å². The first-order valence-electron chi connectivity index (χ1n) is 12.3. The molecule has 35 heavy (non-hydrogen) atoms. The second-order valence-electron chi connectivity index (χ2n) is 8.30. The molecule has 2 aromatic carbocycles. The zero-order chi connectivity index (χ0) is 24.6. The smallest absolute Gasteiger partial charge is 0.332 e. The van der Waals surface area contributed by atoms with Gasteiger partial charge in [-0.05, 0) is 60.9 Å². The molecule has 0 spiro atoms. The number of thiazole rings is 1. The number of aromatic nitrogens is 2. The molecular formula is C28H32N2O4S. The summed E-state index contributed by atoms with van der Waals surface area (Å²) in [7, 11) is 0. The van der Waals surface area contributed by atoms with Crippen LogP contribution in [0.25, 0.3) is 21.5 Å². The van der Waals surface area contributed by atoms with E-state index < -0.39 is 0 Å². The molecule has 0 atom stereocenters. The standard InChI is InChI=1S/C28H32N2O4S/c1-4-8-21-17-22(28-29-23(5-2)19-35-28)9-12-26(21)33-16-7-15-32-24-10-11-25-20(18-24)13-14-30(25)34-27(31)6-3/h9-14,17-19H,4-8,15-16H2,1-3H3. The van der Waals surface area contributed by atoms with Crippen molar-refractivity contribution in [2.75, 3.05) is 13.2 Å². The van der Waals surface area contributed by atoms with Crippen LogP contribution in [0.15, 0.2) is 54.0 Å². The van der Waals surface area contributed by atoms with Gasteiger partial charge in [0.1, 0.15) is 16.5 Å². The van der Waals surface area contributed by atoms with Crippen molar-refractivity contribution in [1.82, 2.24) is 9.71 Å². The normalized spacial score (nSPS) is 11.1. The average molecular weight is 493 g/mol. The highest BCUT2D eigenvalue weighted by Crippen LogP contribution is 2.30. The summed E-state index contributed by atoms with van der Waals surface area (Å²) in [5, 5.41) is 4.15. The molecule has 0 aliphatic heterocycles. The van der Waals surface area contributed by atoms with Gasteiger partial charge in [-0.1, -0.05) is 27.2 Å². The van der Waals surface area contributed by atoms with Gasteiger partial charge in [-0.25, -0.2) is 9.78 Å². The Bertz CT molecular complexity index is 1280. The fraction of sp³-hybridized carbons (Fsp3) is 0.357. The predicted octanol–water partition coefficient (Wildman–Crippen LogP) is 6.49. The molecule has 184 valence electrons. The van der Waals surface area contributed by atoms with Gasteiger partial charge < -0.3 is 14.3 Å². The summed E-state index contributed by atoms with van der Waals surface area (Å²) in [6.07, 6.45) is 5.83. The number of rotatable bonds is 12. The summed E-state index contributed by atoms with van der Waals surface area (Å²) in [6.45, 7) is 7.22. The van der Waals surface area contributed by atoms with E-state index in [1.54, 1.807) is 24.5 Å². The Balaban J connectivity index is 1.30. The first kappa shape index (κ1) is 24.8. The number of carbonyl (C=O) groups excluding carboxylic acids is 1. The Morgan fingerprint density at radius 2 is 1.89 bits per heavy atom. The first-order valence-corrected chi connectivity index (χ1v) is 13.1. The maximum Gasteiger partial charge on any atom is 0.332 e. The van der Waals surface area contributed by atoms with Crippen molar-refractivity contribution in [2.24, 2.45) is 0 Å². The number of aryl methyl sites for hydroxylation is 2. The second-order valence-corrected chi connectivity index (χ2v) is 9.16. The second kappa shape index (κ2) is 11.9. The van der Waals surface area contributed by atoms with Crippen molar-refractivity contribution in [3.63, 3.8) is 0 Å². The topological polar surface area (TPSA) is 62.6 Å². The van der Waals surface area contributed by atoms with E-state index in [2.05, 4.69) is 37.4 Å². The quantitative estimate of drug-likeness (QED) is 0.211. The molecule has 4 rings (SSSR count). The van der Waals surface area contributed by atoms with Crippen LogP contribution in [0, 0.1) is 0 Å². The van der Waals surface area contributed by atoms with Crippen LogP contribution < -0.4 is 14.3 Å². The van der Waals surface area contributed by atoms with Crippen LogP contribution in [0.1, 0.15) is 51.3 Å². The molecule has 0 unspecified atom stereocenters. The molecule has 0 radical (unpaired) electrons. The molecule has 0 aliphatic carbocycles. The third-order valence-corrected chi connectivity index (χ3v) is 6.61. The molecular weight excluding hydrogens is 460 g/mol. The molecule has 6 nitrogen and oxygen atoms in total. The summed E-state index contributed by atoms with van der Waals surface area (Å²) in [6, 6.07) is 14.0. The van der Waals surface area contributed by atoms with E-state index in [4.69, 9.17) is 19.3 Å². The van der Waals surface area contributed by atoms with E-state index in [1.807, 2.05) is 24.3 Å². The zero-order valence-corrected chi connectivity index (χ0v) is 21.4. The molecule has 0 saturated heterocycles. The van der Waals surface area contributed by atoms with Crippen LogP contribution in [-0.2, 0) is 17.6 Å². The van der Waals surface area contributed by atoms with Crippen molar-refractivity contribution in [2.45, 2.75) is 52.9 Å². The lowest BCUT2D eigenvalue weighted by Gasteiger charge is -2.13. The number of benzene rings is 2. The van der Waals surface area contributed by atoms with Crippen LogP contribution in [0.5, 0.6) is 11.5 Å². The molecule has 0 aliphatic rings. The van der Waals surface area contributed by atoms with E-state index in [0.29, 0.717) is 19.6 Å². The van der Waals surface area contributed by atoms with Gasteiger partial charge in [0.05, 0.1) is 24.4 Å². The van der Waals surface area contributed by atoms with E-state index >= 15 is 0 Å². The van der Waals surface area contributed by atoms with Crippen molar-refractivity contribution < 1.29 is 19.1 Å². The minimum Gasteiger partial charge on any atom is -0.493 e. The number of hydrogen-bond acceptors (Lipinski definition) is 6. The minimum absolute atomic E-state index is 0.270. The Morgan fingerprint density at radius 1 is 1.03 bits per heavy atom. The molecule has 2 heterocycles. The monoisotopic (exact) mass is 492 g/mol. The lowest BCUT2D eigenvalue weighted by atomic mass is 10.1. The molecule has 0 N–H and O–H groups in total. The minimum atomic E-state index is -0.270. The van der Waals surface area contributed by atoms with Crippen molar-refractivity contribution in [3.8, 4) is 22.1 Å². The Hall–Kier alpha value is -3.32. The highest BCUT2D eigenvalue weighted by atomic mass is 32.1. The van der Waals surface area contributed by atoms with Gasteiger partial charge in [0.2, 0.25) is 0 Å². The van der Waals surface area contributed by atoms with E-state index in [9.17, 15) is 4.79 Å². The number of ether oxygens (including phenoxy) is 2. The molecule has 0 amide bonds. The first-order chi connectivity index (χ1) is 17.1. The number of carbonyl (C=O) groups is 1. The largest absolute Gasteiger partial charge is 0.493 e. The molecule has 4 aromatic rings. The van der Waals surface area contributed by atoms with Crippen molar-refractivity contribution >= 4 is 28.2 Å². The number of nitrogens with zero attached hydrogens (tertiary/aromatic N) is 2. The van der Waals surface area contributed by atoms with Gasteiger partial charge in [0.15, 0.2) is 0 Å². The van der Waals surface area contributed by atoms with Crippen LogP contribution in [-0.4, -0.2) is 28.9 Å². The van der Waals surface area contributed by atoms with Crippen LogP contribution >= 0.6 is 11.3 Å². The fourth-order valence-electron chi connectivity index (χ4n) is 3.79. The van der Waals surface area contributed by atoms with Gasteiger partial charge in [-0.3, -0.25) is 0 Å². The lowest BCUT2D eigenvalue weighted by molar-refractivity contribution is -0.143. The summed E-state index contributed by atoms with van der Waals surface area (Å²) in [5.74, 6) is 1.45. The predicted molar refractivity (Wildman–Crippen MR) is 140 cm³/mol. The highest BCUT2D eigenvalue weighted by Gasteiger charge is 2.10. The molecule has 0 fully saturated rings. The maximum atomic E-state index is 11.6. The third kappa shape index (κ3) is 6.22. The highest BCUT2D eigenvalue weighted by molar-refractivity contribution is 7.13. The summed E-state index contributed by atoms with van der Waals surface area (Å²) in [5.41, 5.74) is 4.34. The summed E-state index contributed by atoms with van der Waals surface area (Å²) < 4.78 is 13.5. The van der Waals surface area contributed by atoms with E-state index in [0.717, 1.165) is 64.4 Å². The number of fused-ring (bicyclic) bond motifs is 1. The fourth-order valence-corrected chi connectivity index (χ4v) is 4.69. The average Bonchev–Trinajstić information content (AvgIpc) is 3.52. The lowest BCUT2D eigenvalue weighted by Crippen LogP contribution is -2.17. The third-order valence-electron chi connectivity index (χ3n) is 5.67. The van der Waals surface area contributed by atoms with Crippen LogP contribution in [0.4, 0.5) is 0 Å². The Kier molecular flexibility index (Phi) is 8.42. The molecule has 7 heteroatoms. The Morgan fingerprint density at radius 3 is 2.66 bits per heavy atom. The van der Waals surface area contributed by atoms with Crippen molar-refractivity contribution in [1.29, 1.82) is 0 Å². The zero-order valence-electron chi connectivity index (χ0n) is 20.6. The SMILES string of the molecule is CCCc1cc(-c2nc(CC)cs2)ccc1OCCCOc1ccc2c(ccn2OC(=O)CC)c1. The summed E-state index contributed by atoms with van der Waals surface area (Å²) in [4.78, 5) is 21.6. The van der Waals surface area contributed by atoms with Gasteiger partial charge in [-0.2, -0.15) is 4.73 Å². The van der Waals surface area contributed by atoms with Gasteiger partial charge in [-0.15, -0.1) is 11.3 Å². The molecule has 0 saturated carbocycles. The van der Waals surface area contributed by atoms with Gasteiger partial charge >= 0.3 is 5.97 Å². The maximum absolute atomic E-state index is 11.6. The molecule has 2 aromatic heterocycles. The van der Waals surface area contributed by atoms with Crippen molar-refractivity contribution in [3.05, 3.63) is 65.3 Å². The summed E-state index contributed by atoms with van der Waals surface area (Å²) >= 11 is 1.70. The van der Waals surface area contributed by atoms with Crippen LogP contribution in [0.2, 0.25) is 0 Å². The number of hydrogen-bond donors (Lipinski definition) is 0. The Labute approximate surface area is 210 Å². The van der Waals surface area contributed by atoms with Gasteiger partial charge in [0.25, 0.3) is 0 Å². The molecule has 0 bridgehead atoms.